The zero-order valence-electron chi connectivity index (χ0n) is 15.5. The van der Waals surface area contributed by atoms with Crippen molar-refractivity contribution in [3.05, 3.63) is 63.0 Å². The maximum Gasteiger partial charge on any atom is 0.274 e. The van der Waals surface area contributed by atoms with E-state index in [1.54, 1.807) is 27.9 Å². The van der Waals surface area contributed by atoms with Gasteiger partial charge >= 0.3 is 0 Å². The van der Waals surface area contributed by atoms with Crippen LogP contribution in [0.25, 0.3) is 5.65 Å². The number of nitrogens with zero attached hydrogens (tertiary/aromatic N) is 5. The van der Waals surface area contributed by atoms with Gasteiger partial charge in [-0.2, -0.15) is 5.10 Å². The van der Waals surface area contributed by atoms with Gasteiger partial charge in [-0.15, -0.1) is 0 Å². The predicted molar refractivity (Wildman–Crippen MR) is 106 cm³/mol. The minimum absolute atomic E-state index is 0.0762. The van der Waals surface area contributed by atoms with Gasteiger partial charge in [0.25, 0.3) is 11.8 Å². The molecule has 1 unspecified atom stereocenters. The van der Waals surface area contributed by atoms with Crippen LogP contribution in [0, 0.1) is 0 Å². The molecule has 3 aromatic rings. The highest BCUT2D eigenvalue weighted by molar-refractivity contribution is 9.10. The van der Waals surface area contributed by atoms with E-state index >= 15 is 0 Å². The number of hydrogen-bond acceptors (Lipinski definition) is 4. The molecule has 2 aliphatic rings. The fourth-order valence-corrected chi connectivity index (χ4v) is 4.57. The molecule has 5 rings (SSSR count). The second-order valence-electron chi connectivity index (χ2n) is 7.35. The maximum atomic E-state index is 13.2. The van der Waals surface area contributed by atoms with Gasteiger partial charge in [-0.25, -0.2) is 9.50 Å². The van der Waals surface area contributed by atoms with Crippen LogP contribution in [0.2, 0.25) is 0 Å². The number of aromatic nitrogens is 3. The number of carbonyl (C=O) groups is 2. The van der Waals surface area contributed by atoms with Gasteiger partial charge in [-0.3, -0.25) is 9.59 Å². The van der Waals surface area contributed by atoms with Gasteiger partial charge in [0.15, 0.2) is 11.3 Å². The molecule has 0 aliphatic carbocycles. The molecule has 0 saturated heterocycles. The zero-order valence-corrected chi connectivity index (χ0v) is 17.1. The second-order valence-corrected chi connectivity index (χ2v) is 8.27. The first-order valence-corrected chi connectivity index (χ1v) is 9.95. The Kier molecular flexibility index (Phi) is 3.80. The lowest BCUT2D eigenvalue weighted by Gasteiger charge is -2.35. The van der Waals surface area contributed by atoms with Crippen molar-refractivity contribution in [2.75, 3.05) is 13.6 Å². The van der Waals surface area contributed by atoms with Crippen LogP contribution < -0.4 is 0 Å². The van der Waals surface area contributed by atoms with Crippen molar-refractivity contribution in [3.63, 3.8) is 0 Å². The summed E-state index contributed by atoms with van der Waals surface area (Å²) in [4.78, 5) is 33.3. The van der Waals surface area contributed by atoms with E-state index in [1.807, 2.05) is 31.0 Å². The molecule has 0 saturated carbocycles. The Balaban J connectivity index is 1.49. The molecule has 0 fully saturated rings. The highest BCUT2D eigenvalue weighted by Crippen LogP contribution is 2.36. The summed E-state index contributed by atoms with van der Waals surface area (Å²) in [5, 5.41) is 4.40. The van der Waals surface area contributed by atoms with Crippen LogP contribution in [0.3, 0.4) is 0 Å². The van der Waals surface area contributed by atoms with Crippen molar-refractivity contribution in [2.45, 2.75) is 25.9 Å². The van der Waals surface area contributed by atoms with E-state index in [2.05, 4.69) is 26.0 Å². The Morgan fingerprint density at radius 2 is 2.11 bits per heavy atom. The van der Waals surface area contributed by atoms with Crippen molar-refractivity contribution < 1.29 is 9.59 Å². The molecule has 0 N–H and O–H groups in total. The lowest BCUT2D eigenvalue weighted by Crippen LogP contribution is -2.39. The van der Waals surface area contributed by atoms with Crippen LogP contribution in [0.4, 0.5) is 0 Å². The first kappa shape index (κ1) is 17.4. The Hall–Kier alpha value is -2.74. The highest BCUT2D eigenvalue weighted by atomic mass is 79.9. The van der Waals surface area contributed by atoms with Gasteiger partial charge in [0.05, 0.1) is 10.5 Å². The zero-order chi connectivity index (χ0) is 19.6. The molecule has 2 aromatic heterocycles. The monoisotopic (exact) mass is 439 g/mol. The maximum absolute atomic E-state index is 13.2. The van der Waals surface area contributed by atoms with Crippen molar-refractivity contribution in [2.24, 2.45) is 0 Å². The first-order chi connectivity index (χ1) is 13.4. The average molecular weight is 440 g/mol. The topological polar surface area (TPSA) is 70.8 Å². The normalized spacial score (nSPS) is 18.5. The summed E-state index contributed by atoms with van der Waals surface area (Å²) in [6.45, 7) is 3.28. The molecule has 2 aliphatic heterocycles. The Labute approximate surface area is 170 Å². The van der Waals surface area contributed by atoms with Crippen molar-refractivity contribution in [1.82, 2.24) is 24.4 Å². The molecule has 4 heterocycles. The van der Waals surface area contributed by atoms with Gasteiger partial charge in [0.1, 0.15) is 0 Å². The number of halogens is 1. The molecule has 0 radical (unpaired) electrons. The van der Waals surface area contributed by atoms with E-state index in [0.717, 1.165) is 27.6 Å². The number of benzene rings is 1. The summed E-state index contributed by atoms with van der Waals surface area (Å²) in [6, 6.07) is 5.54. The number of hydrogen-bond donors (Lipinski definition) is 0. The summed E-state index contributed by atoms with van der Waals surface area (Å²) in [6.07, 6.45) is 4.21. The molecule has 0 bridgehead atoms. The van der Waals surface area contributed by atoms with Crippen LogP contribution in [-0.2, 0) is 13.0 Å². The largest absolute Gasteiger partial charge is 0.337 e. The van der Waals surface area contributed by atoms with Gasteiger partial charge in [0.2, 0.25) is 0 Å². The summed E-state index contributed by atoms with van der Waals surface area (Å²) in [5.74, 6) is -0.0271. The molecule has 2 amide bonds. The van der Waals surface area contributed by atoms with E-state index in [-0.39, 0.29) is 17.9 Å². The third-order valence-electron chi connectivity index (χ3n) is 5.72. The molecule has 142 valence electrons. The van der Waals surface area contributed by atoms with Crippen LogP contribution >= 0.6 is 15.9 Å². The average Bonchev–Trinajstić information content (AvgIpc) is 3.22. The summed E-state index contributed by atoms with van der Waals surface area (Å²) in [7, 11) is 1.83. The molecule has 1 atom stereocenters. The van der Waals surface area contributed by atoms with Crippen LogP contribution in [0.1, 0.15) is 50.5 Å². The van der Waals surface area contributed by atoms with Gasteiger partial charge in [0, 0.05) is 44.2 Å². The minimum Gasteiger partial charge on any atom is -0.337 e. The Bertz CT molecular complexity index is 1150. The molecular weight excluding hydrogens is 422 g/mol. The number of fused-ring (bicyclic) bond motifs is 4. The smallest absolute Gasteiger partial charge is 0.274 e. The van der Waals surface area contributed by atoms with Gasteiger partial charge < -0.3 is 9.80 Å². The van der Waals surface area contributed by atoms with Gasteiger partial charge in [-0.05, 0) is 52.0 Å². The van der Waals surface area contributed by atoms with E-state index < -0.39 is 0 Å². The number of rotatable bonds is 1. The van der Waals surface area contributed by atoms with Gasteiger partial charge in [-0.1, -0.05) is 6.07 Å². The van der Waals surface area contributed by atoms with Crippen molar-refractivity contribution in [3.8, 4) is 0 Å². The molecular formula is C20H18BrN5O2. The molecule has 28 heavy (non-hydrogen) atoms. The highest BCUT2D eigenvalue weighted by Gasteiger charge is 2.35. The van der Waals surface area contributed by atoms with E-state index in [4.69, 9.17) is 0 Å². The van der Waals surface area contributed by atoms with Crippen molar-refractivity contribution in [1.29, 1.82) is 0 Å². The minimum atomic E-state index is -0.103. The second kappa shape index (κ2) is 6.13. The van der Waals surface area contributed by atoms with E-state index in [9.17, 15) is 9.59 Å². The molecule has 7 nitrogen and oxygen atoms in total. The lowest BCUT2D eigenvalue weighted by molar-refractivity contribution is 0.0670. The fraction of sp³-hybridized carbons (Fsp3) is 0.300. The predicted octanol–water partition coefficient (Wildman–Crippen LogP) is 2.84. The van der Waals surface area contributed by atoms with E-state index in [0.29, 0.717) is 24.4 Å². The Morgan fingerprint density at radius 3 is 2.93 bits per heavy atom. The summed E-state index contributed by atoms with van der Waals surface area (Å²) < 4.78 is 2.41. The lowest BCUT2D eigenvalue weighted by atomic mass is 9.88. The van der Waals surface area contributed by atoms with Crippen LogP contribution in [-0.4, -0.2) is 49.8 Å². The summed E-state index contributed by atoms with van der Waals surface area (Å²) in [5.41, 5.74) is 5.27. The number of amides is 2. The SMILES string of the molecule is CC1c2ccc3c(c2CCN1C(=O)c1cc2ncc(Br)cn2n1)CN(C)C3=O. The third-order valence-corrected chi connectivity index (χ3v) is 6.13. The van der Waals surface area contributed by atoms with Crippen molar-refractivity contribution >= 4 is 33.4 Å². The quantitative estimate of drug-likeness (QED) is 0.584. The molecule has 1 aromatic carbocycles. The molecule has 8 heteroatoms. The Morgan fingerprint density at radius 1 is 1.29 bits per heavy atom. The van der Waals surface area contributed by atoms with E-state index in [1.165, 1.54) is 5.56 Å². The number of carbonyl (C=O) groups excluding carboxylic acids is 2. The summed E-state index contributed by atoms with van der Waals surface area (Å²) >= 11 is 3.37. The van der Waals surface area contributed by atoms with Crippen LogP contribution in [0.15, 0.2) is 35.1 Å². The third kappa shape index (κ3) is 2.47. The molecule has 0 spiro atoms. The standard InChI is InChI=1S/C20H18BrN5O2/c1-11-13-3-4-15-16(10-24(2)19(15)27)14(13)5-6-25(11)20(28)17-7-18-22-8-12(21)9-26(18)23-17/h3-4,7-9,11H,5-6,10H2,1-2H3. The first-order valence-electron chi connectivity index (χ1n) is 9.16. The fourth-order valence-electron chi connectivity index (χ4n) is 4.27. The van der Waals surface area contributed by atoms with Crippen LogP contribution in [0.5, 0.6) is 0 Å².